The van der Waals surface area contributed by atoms with Gasteiger partial charge in [0, 0.05) is 29.5 Å². The molecule has 1 aromatic carbocycles. The van der Waals surface area contributed by atoms with Gasteiger partial charge in [-0.05, 0) is 36.4 Å². The Hall–Kier alpha value is -1.29. The van der Waals surface area contributed by atoms with Crippen molar-refractivity contribution in [3.8, 4) is 5.75 Å². The van der Waals surface area contributed by atoms with E-state index in [9.17, 15) is 0 Å². The van der Waals surface area contributed by atoms with E-state index in [0.29, 0.717) is 6.04 Å². The molecule has 3 rings (SSSR count). The topological polar surface area (TPSA) is 25.4 Å². The highest BCUT2D eigenvalue weighted by molar-refractivity contribution is 9.09. The highest BCUT2D eigenvalue weighted by Gasteiger charge is 2.25. The molecule has 0 radical (unpaired) electrons. The minimum Gasteiger partial charge on any atom is -0.497 e. The van der Waals surface area contributed by atoms with Crippen molar-refractivity contribution in [2.24, 2.45) is 0 Å². The van der Waals surface area contributed by atoms with E-state index in [1.807, 2.05) is 12.3 Å². The molecule has 100 valence electrons. The van der Waals surface area contributed by atoms with Gasteiger partial charge in [0.15, 0.2) is 0 Å². The quantitative estimate of drug-likeness (QED) is 0.808. The second-order valence-corrected chi connectivity index (χ2v) is 5.51. The molecule has 0 amide bonds. The zero-order chi connectivity index (χ0) is 13.2. The Bertz CT molecular complexity index is 587. The Kier molecular flexibility index (Phi) is 3.60. The van der Waals surface area contributed by atoms with Gasteiger partial charge in [-0.3, -0.25) is 0 Å². The maximum atomic E-state index is 5.34. The van der Waals surface area contributed by atoms with Crippen molar-refractivity contribution in [1.82, 2.24) is 4.98 Å². The van der Waals surface area contributed by atoms with Crippen molar-refractivity contribution >= 4 is 32.5 Å². The number of aromatic nitrogens is 1. The Morgan fingerprint density at radius 2 is 2.32 bits per heavy atom. The first-order chi connectivity index (χ1) is 9.33. The lowest BCUT2D eigenvalue weighted by Gasteiger charge is -2.25. The molecule has 1 aliphatic rings. The first-order valence-corrected chi connectivity index (χ1v) is 7.71. The fourth-order valence-corrected chi connectivity index (χ4v) is 3.44. The van der Waals surface area contributed by atoms with Crippen LogP contribution in [0.5, 0.6) is 5.75 Å². The molecule has 0 bridgehead atoms. The van der Waals surface area contributed by atoms with E-state index in [-0.39, 0.29) is 0 Å². The molecule has 1 saturated heterocycles. The SMILES string of the molecule is COc1ccc2ccnc(N3CCCC3CBr)c2c1. The van der Waals surface area contributed by atoms with Gasteiger partial charge in [0.05, 0.1) is 7.11 Å². The number of nitrogens with zero attached hydrogens (tertiary/aromatic N) is 2. The summed E-state index contributed by atoms with van der Waals surface area (Å²) in [6.07, 6.45) is 4.36. The number of fused-ring (bicyclic) bond motifs is 1. The van der Waals surface area contributed by atoms with Crippen LogP contribution in [0, 0.1) is 0 Å². The average molecular weight is 321 g/mol. The second kappa shape index (κ2) is 5.37. The van der Waals surface area contributed by atoms with Gasteiger partial charge in [-0.25, -0.2) is 4.98 Å². The van der Waals surface area contributed by atoms with E-state index < -0.39 is 0 Å². The van der Waals surface area contributed by atoms with Crippen LogP contribution in [0.15, 0.2) is 30.5 Å². The molecule has 3 nitrogen and oxygen atoms in total. The van der Waals surface area contributed by atoms with E-state index in [0.717, 1.165) is 23.4 Å². The molecule has 1 fully saturated rings. The van der Waals surface area contributed by atoms with Gasteiger partial charge in [0.1, 0.15) is 11.6 Å². The predicted molar refractivity (Wildman–Crippen MR) is 82.5 cm³/mol. The standard InChI is InChI=1S/C15H17BrN2O/c1-19-13-5-4-11-6-7-17-15(14(11)9-13)18-8-2-3-12(18)10-16/h4-7,9,12H,2-3,8,10H2,1H3. The van der Waals surface area contributed by atoms with Gasteiger partial charge in [-0.2, -0.15) is 0 Å². The summed E-state index contributed by atoms with van der Waals surface area (Å²) < 4.78 is 5.34. The molecule has 19 heavy (non-hydrogen) atoms. The molecule has 0 spiro atoms. The number of anilines is 1. The van der Waals surface area contributed by atoms with Crippen LogP contribution in [0.2, 0.25) is 0 Å². The highest BCUT2D eigenvalue weighted by atomic mass is 79.9. The van der Waals surface area contributed by atoms with Gasteiger partial charge < -0.3 is 9.64 Å². The summed E-state index contributed by atoms with van der Waals surface area (Å²) in [5.74, 6) is 1.97. The Morgan fingerprint density at radius 3 is 3.11 bits per heavy atom. The number of methoxy groups -OCH3 is 1. The molecular weight excluding hydrogens is 304 g/mol. The normalized spacial score (nSPS) is 19.1. The van der Waals surface area contributed by atoms with Gasteiger partial charge in [-0.15, -0.1) is 0 Å². The van der Waals surface area contributed by atoms with Gasteiger partial charge in [0.2, 0.25) is 0 Å². The van der Waals surface area contributed by atoms with Crippen LogP contribution in [0.25, 0.3) is 10.8 Å². The molecule has 1 unspecified atom stereocenters. The first kappa shape index (κ1) is 12.7. The molecule has 2 heterocycles. The zero-order valence-corrected chi connectivity index (χ0v) is 12.6. The molecule has 1 atom stereocenters. The Labute approximate surface area is 121 Å². The summed E-state index contributed by atoms with van der Waals surface area (Å²) in [6.45, 7) is 1.08. The fraction of sp³-hybridized carbons (Fsp3) is 0.400. The summed E-state index contributed by atoms with van der Waals surface area (Å²) in [6, 6.07) is 8.78. The van der Waals surface area contributed by atoms with Gasteiger partial charge in [0.25, 0.3) is 0 Å². The first-order valence-electron chi connectivity index (χ1n) is 6.59. The molecule has 4 heteroatoms. The number of halogens is 1. The lowest BCUT2D eigenvalue weighted by Crippen LogP contribution is -2.31. The van der Waals surface area contributed by atoms with Crippen molar-refractivity contribution in [3.63, 3.8) is 0 Å². The van der Waals surface area contributed by atoms with E-state index in [4.69, 9.17) is 4.74 Å². The number of benzene rings is 1. The number of alkyl halides is 1. The smallest absolute Gasteiger partial charge is 0.136 e. The average Bonchev–Trinajstić information content (AvgIpc) is 2.94. The Balaban J connectivity index is 2.11. The number of rotatable bonds is 3. The molecule has 1 aromatic heterocycles. The highest BCUT2D eigenvalue weighted by Crippen LogP contribution is 2.32. The zero-order valence-electron chi connectivity index (χ0n) is 11.0. The van der Waals surface area contributed by atoms with Crippen LogP contribution in [-0.2, 0) is 0 Å². The number of pyridine rings is 1. The van der Waals surface area contributed by atoms with E-state index in [2.05, 4.69) is 44.0 Å². The van der Waals surface area contributed by atoms with Crippen LogP contribution in [0.1, 0.15) is 12.8 Å². The van der Waals surface area contributed by atoms with Crippen LogP contribution in [-0.4, -0.2) is 30.0 Å². The van der Waals surface area contributed by atoms with E-state index in [1.54, 1.807) is 7.11 Å². The van der Waals surface area contributed by atoms with Crippen molar-refractivity contribution in [2.45, 2.75) is 18.9 Å². The Morgan fingerprint density at radius 1 is 1.42 bits per heavy atom. The summed E-state index contributed by atoms with van der Waals surface area (Å²) in [5.41, 5.74) is 0. The van der Waals surface area contributed by atoms with Crippen molar-refractivity contribution in [3.05, 3.63) is 30.5 Å². The number of hydrogen-bond donors (Lipinski definition) is 0. The summed E-state index contributed by atoms with van der Waals surface area (Å²) in [7, 11) is 1.70. The minimum atomic E-state index is 0.546. The van der Waals surface area contributed by atoms with Crippen LogP contribution >= 0.6 is 15.9 Å². The molecule has 1 aliphatic heterocycles. The van der Waals surface area contributed by atoms with E-state index >= 15 is 0 Å². The molecule has 0 aliphatic carbocycles. The second-order valence-electron chi connectivity index (χ2n) is 4.87. The molecule has 0 saturated carbocycles. The van der Waals surface area contributed by atoms with Gasteiger partial charge in [-0.1, -0.05) is 22.0 Å². The third-order valence-electron chi connectivity index (χ3n) is 3.78. The lowest BCUT2D eigenvalue weighted by molar-refractivity contribution is 0.415. The third-order valence-corrected chi connectivity index (χ3v) is 4.53. The third kappa shape index (κ3) is 2.29. The van der Waals surface area contributed by atoms with Crippen molar-refractivity contribution in [2.75, 3.05) is 23.9 Å². The summed E-state index contributed by atoms with van der Waals surface area (Å²) in [4.78, 5) is 7.03. The van der Waals surface area contributed by atoms with E-state index in [1.165, 1.54) is 23.6 Å². The van der Waals surface area contributed by atoms with Crippen molar-refractivity contribution < 1.29 is 4.74 Å². The maximum Gasteiger partial charge on any atom is 0.136 e. The fourth-order valence-electron chi connectivity index (χ4n) is 2.76. The predicted octanol–water partition coefficient (Wildman–Crippen LogP) is 3.61. The molecular formula is C15H17BrN2O. The van der Waals surface area contributed by atoms with Crippen LogP contribution in [0.3, 0.4) is 0 Å². The maximum absolute atomic E-state index is 5.34. The van der Waals surface area contributed by atoms with Crippen molar-refractivity contribution in [1.29, 1.82) is 0 Å². The lowest BCUT2D eigenvalue weighted by atomic mass is 10.1. The van der Waals surface area contributed by atoms with Gasteiger partial charge >= 0.3 is 0 Å². The minimum absolute atomic E-state index is 0.546. The van der Waals surface area contributed by atoms with Crippen LogP contribution in [0.4, 0.5) is 5.82 Å². The largest absolute Gasteiger partial charge is 0.497 e. The molecule has 0 N–H and O–H groups in total. The number of ether oxygens (including phenoxy) is 1. The summed E-state index contributed by atoms with van der Waals surface area (Å²) in [5, 5.41) is 3.38. The van der Waals surface area contributed by atoms with Crippen LogP contribution < -0.4 is 9.64 Å². The number of hydrogen-bond acceptors (Lipinski definition) is 3. The molecule has 2 aromatic rings. The monoisotopic (exact) mass is 320 g/mol. The summed E-state index contributed by atoms with van der Waals surface area (Å²) >= 11 is 3.61.